The molecule has 16 heavy (non-hydrogen) atoms. The highest BCUT2D eigenvalue weighted by Gasteiger charge is 2.53. The predicted octanol–water partition coefficient (Wildman–Crippen LogP) is -0.426. The monoisotopic (exact) mass is 247 g/mol. The molecular weight excluding hydrogens is 230 g/mol. The molecule has 2 unspecified atom stereocenters. The summed E-state index contributed by atoms with van der Waals surface area (Å²) in [5.41, 5.74) is -0.412. The van der Waals surface area contributed by atoms with Crippen LogP contribution in [0.1, 0.15) is 13.3 Å². The van der Waals surface area contributed by atoms with Crippen molar-refractivity contribution in [3.8, 4) is 0 Å². The lowest BCUT2D eigenvalue weighted by Crippen LogP contribution is -2.37. The van der Waals surface area contributed by atoms with Crippen LogP contribution < -0.4 is 5.32 Å². The zero-order chi connectivity index (χ0) is 11.8. The largest absolute Gasteiger partial charge is 0.466 e. The van der Waals surface area contributed by atoms with E-state index in [2.05, 4.69) is 5.32 Å². The van der Waals surface area contributed by atoms with Crippen molar-refractivity contribution in [3.63, 3.8) is 0 Å². The predicted molar refractivity (Wildman–Crippen MR) is 58.7 cm³/mol. The first-order chi connectivity index (χ1) is 7.49. The van der Waals surface area contributed by atoms with E-state index in [1.54, 1.807) is 6.92 Å². The Bertz CT molecular complexity index is 392. The number of carbonyl (C=O) groups excluding carboxylic acids is 1. The van der Waals surface area contributed by atoms with Gasteiger partial charge in [0.15, 0.2) is 9.84 Å². The molecule has 0 aromatic carbocycles. The summed E-state index contributed by atoms with van der Waals surface area (Å²) < 4.78 is 28.1. The Morgan fingerprint density at radius 3 is 2.88 bits per heavy atom. The summed E-state index contributed by atoms with van der Waals surface area (Å²) in [5.74, 6) is -0.240. The van der Waals surface area contributed by atoms with Gasteiger partial charge in [0.05, 0.1) is 24.0 Å². The van der Waals surface area contributed by atoms with Crippen molar-refractivity contribution in [3.05, 3.63) is 0 Å². The highest BCUT2D eigenvalue weighted by atomic mass is 32.2. The molecule has 0 aromatic rings. The molecule has 92 valence electrons. The first-order valence-electron chi connectivity index (χ1n) is 5.57. The first-order valence-corrected chi connectivity index (χ1v) is 7.39. The maximum Gasteiger partial charge on any atom is 0.310 e. The van der Waals surface area contributed by atoms with Crippen LogP contribution in [0.15, 0.2) is 0 Å². The van der Waals surface area contributed by atoms with Gasteiger partial charge in [-0.2, -0.15) is 0 Å². The Hall–Kier alpha value is -0.620. The van der Waals surface area contributed by atoms with Crippen molar-refractivity contribution in [2.75, 3.05) is 31.2 Å². The third kappa shape index (κ3) is 1.96. The zero-order valence-electron chi connectivity index (χ0n) is 9.36. The Balaban J connectivity index is 2.18. The molecule has 1 N–H and O–H groups in total. The van der Waals surface area contributed by atoms with Crippen LogP contribution in [0.2, 0.25) is 0 Å². The van der Waals surface area contributed by atoms with Crippen molar-refractivity contribution in [1.29, 1.82) is 0 Å². The van der Waals surface area contributed by atoms with E-state index in [4.69, 9.17) is 4.74 Å². The van der Waals surface area contributed by atoms with Crippen LogP contribution in [0.4, 0.5) is 0 Å². The summed E-state index contributed by atoms with van der Waals surface area (Å²) in [6.45, 7) is 3.25. The van der Waals surface area contributed by atoms with E-state index in [1.165, 1.54) is 0 Å². The second-order valence-corrected chi connectivity index (χ2v) is 6.82. The van der Waals surface area contributed by atoms with Crippen molar-refractivity contribution in [2.24, 2.45) is 11.3 Å². The number of rotatable bonds is 2. The van der Waals surface area contributed by atoms with Crippen LogP contribution >= 0.6 is 0 Å². The van der Waals surface area contributed by atoms with E-state index in [1.807, 2.05) is 0 Å². The van der Waals surface area contributed by atoms with Crippen LogP contribution in [0, 0.1) is 11.3 Å². The van der Waals surface area contributed by atoms with E-state index in [9.17, 15) is 13.2 Å². The van der Waals surface area contributed by atoms with Gasteiger partial charge in [0.25, 0.3) is 0 Å². The highest BCUT2D eigenvalue weighted by molar-refractivity contribution is 7.91. The molecule has 2 heterocycles. The molecule has 0 bridgehead atoms. The van der Waals surface area contributed by atoms with Crippen LogP contribution in [0.3, 0.4) is 0 Å². The SMILES string of the molecule is CCOC(=O)C1CNCC12CCS(=O)(=O)C2. The summed E-state index contributed by atoms with van der Waals surface area (Å²) in [6, 6.07) is 0. The summed E-state index contributed by atoms with van der Waals surface area (Å²) >= 11 is 0. The number of hydrogen-bond donors (Lipinski definition) is 1. The van der Waals surface area contributed by atoms with Crippen molar-refractivity contribution in [2.45, 2.75) is 13.3 Å². The number of carbonyl (C=O) groups is 1. The molecule has 6 heteroatoms. The average molecular weight is 247 g/mol. The lowest BCUT2D eigenvalue weighted by molar-refractivity contribution is -0.150. The molecule has 0 aromatic heterocycles. The third-order valence-electron chi connectivity index (χ3n) is 3.55. The first kappa shape index (κ1) is 11.9. The molecule has 0 aliphatic carbocycles. The molecule has 2 saturated heterocycles. The molecule has 0 amide bonds. The molecule has 0 saturated carbocycles. The maximum atomic E-state index is 11.8. The summed E-state index contributed by atoms with van der Waals surface area (Å²) in [6.07, 6.45) is 0.575. The molecule has 2 rings (SSSR count). The second-order valence-electron chi connectivity index (χ2n) is 4.64. The van der Waals surface area contributed by atoms with Crippen LogP contribution in [0.5, 0.6) is 0 Å². The maximum absolute atomic E-state index is 11.8. The molecule has 5 nitrogen and oxygen atoms in total. The number of esters is 1. The number of sulfone groups is 1. The van der Waals surface area contributed by atoms with Gasteiger partial charge in [0.2, 0.25) is 0 Å². The van der Waals surface area contributed by atoms with Crippen molar-refractivity contribution in [1.82, 2.24) is 5.32 Å². The number of ether oxygens (including phenoxy) is 1. The van der Waals surface area contributed by atoms with E-state index in [-0.39, 0.29) is 23.4 Å². The topological polar surface area (TPSA) is 72.5 Å². The summed E-state index contributed by atoms with van der Waals surface area (Å²) in [4.78, 5) is 11.8. The Morgan fingerprint density at radius 1 is 1.56 bits per heavy atom. The molecule has 1 spiro atoms. The van der Waals surface area contributed by atoms with Crippen LogP contribution in [-0.2, 0) is 19.4 Å². The van der Waals surface area contributed by atoms with Gasteiger partial charge in [-0.05, 0) is 13.3 Å². The second kappa shape index (κ2) is 4.00. The van der Waals surface area contributed by atoms with Gasteiger partial charge in [-0.15, -0.1) is 0 Å². The molecule has 2 aliphatic heterocycles. The van der Waals surface area contributed by atoms with E-state index >= 15 is 0 Å². The minimum Gasteiger partial charge on any atom is -0.466 e. The Labute approximate surface area is 95.5 Å². The number of hydrogen-bond acceptors (Lipinski definition) is 5. The lowest BCUT2D eigenvalue weighted by atomic mass is 9.78. The minimum absolute atomic E-state index is 0.122. The quantitative estimate of drug-likeness (QED) is 0.671. The van der Waals surface area contributed by atoms with E-state index in [0.717, 1.165) is 0 Å². The smallest absolute Gasteiger partial charge is 0.310 e. The fraction of sp³-hybridized carbons (Fsp3) is 0.900. The average Bonchev–Trinajstić information content (AvgIpc) is 2.72. The number of nitrogens with one attached hydrogen (secondary N) is 1. The molecule has 0 radical (unpaired) electrons. The molecular formula is C10H17NO4S. The summed E-state index contributed by atoms with van der Waals surface area (Å²) in [7, 11) is -2.97. The van der Waals surface area contributed by atoms with Gasteiger partial charge < -0.3 is 10.1 Å². The fourth-order valence-electron chi connectivity index (χ4n) is 2.74. The fourth-order valence-corrected chi connectivity index (χ4v) is 4.92. The van der Waals surface area contributed by atoms with Crippen molar-refractivity contribution >= 4 is 15.8 Å². The Kier molecular flexibility index (Phi) is 2.96. The van der Waals surface area contributed by atoms with Gasteiger partial charge in [-0.25, -0.2) is 8.42 Å². The van der Waals surface area contributed by atoms with Crippen LogP contribution in [-0.4, -0.2) is 45.6 Å². The molecule has 2 atom stereocenters. The van der Waals surface area contributed by atoms with Gasteiger partial charge in [-0.1, -0.05) is 0 Å². The highest BCUT2D eigenvalue weighted by Crippen LogP contribution is 2.42. The Morgan fingerprint density at radius 2 is 2.31 bits per heavy atom. The molecule has 2 fully saturated rings. The molecule has 2 aliphatic rings. The third-order valence-corrected chi connectivity index (χ3v) is 5.40. The normalized spacial score (nSPS) is 36.7. The zero-order valence-corrected chi connectivity index (χ0v) is 10.2. The van der Waals surface area contributed by atoms with Gasteiger partial charge in [0.1, 0.15) is 0 Å². The van der Waals surface area contributed by atoms with Gasteiger partial charge in [0, 0.05) is 18.5 Å². The van der Waals surface area contributed by atoms with Gasteiger partial charge >= 0.3 is 5.97 Å². The van der Waals surface area contributed by atoms with E-state index in [0.29, 0.717) is 26.1 Å². The van der Waals surface area contributed by atoms with Crippen molar-refractivity contribution < 1.29 is 17.9 Å². The standard InChI is InChI=1S/C10H17NO4S/c1-2-15-9(12)8-5-11-6-10(8)3-4-16(13,14)7-10/h8,11H,2-7H2,1H3. The lowest BCUT2D eigenvalue weighted by Gasteiger charge is -2.26. The van der Waals surface area contributed by atoms with E-state index < -0.39 is 15.3 Å². The van der Waals surface area contributed by atoms with Crippen LogP contribution in [0.25, 0.3) is 0 Å². The minimum atomic E-state index is -2.97. The van der Waals surface area contributed by atoms with Gasteiger partial charge in [-0.3, -0.25) is 4.79 Å². The summed E-state index contributed by atoms with van der Waals surface area (Å²) in [5, 5.41) is 3.12.